The van der Waals surface area contributed by atoms with Crippen molar-refractivity contribution < 1.29 is 13.2 Å². The van der Waals surface area contributed by atoms with E-state index in [1.54, 1.807) is 32.6 Å². The van der Waals surface area contributed by atoms with Crippen molar-refractivity contribution in [3.8, 4) is 67.3 Å². The first kappa shape index (κ1) is 43.9. The van der Waals surface area contributed by atoms with Crippen LogP contribution in [-0.4, -0.2) is 86.0 Å². The lowest BCUT2D eigenvalue weighted by molar-refractivity contribution is -0.117. The van der Waals surface area contributed by atoms with Crippen LogP contribution in [-0.2, 0) is 35.5 Å². The van der Waals surface area contributed by atoms with Crippen LogP contribution < -0.4 is 10.0 Å². The maximum absolute atomic E-state index is 11.7. The van der Waals surface area contributed by atoms with Crippen molar-refractivity contribution >= 4 is 15.9 Å². The summed E-state index contributed by atoms with van der Waals surface area (Å²) in [6.07, 6.45) is 27.5. The lowest BCUT2D eigenvalue weighted by atomic mass is 9.91. The highest BCUT2D eigenvalue weighted by Crippen LogP contribution is 2.31. The van der Waals surface area contributed by atoms with Crippen LogP contribution in [0, 0.1) is 0 Å². The average molecular weight is 889 g/mol. The number of rotatable bonds is 14. The van der Waals surface area contributed by atoms with Gasteiger partial charge in [-0.05, 0) is 55.0 Å². The minimum absolute atomic E-state index is 0.116. The molecule has 65 heavy (non-hydrogen) atoms. The lowest BCUT2D eigenvalue weighted by Gasteiger charge is -2.29. The quantitative estimate of drug-likeness (QED) is 0.111. The first-order chi connectivity index (χ1) is 31.5. The Balaban J connectivity index is 0.000000178. The van der Waals surface area contributed by atoms with E-state index in [-0.39, 0.29) is 24.5 Å². The standard InChI is InChI=1S/C26H27N7O.C21H21N7O2S/c1-3-25(34)31-23-8-5-9-24(11-23)33-17-22(15-30-33)20-12-27-26(28-13-20)19-7-4-6-18(10-19)21-14-29-32(2)16-21;1-3-31(29,30)26-7-8-28-15-20(13-25-28)18-10-22-21(23-11-18)17-6-4-5-16(9-17)19-12-24-27(2)14-19/h3-4,6-7,10,12-17,23-24H,1,5,8-9,11H2,2H3,(H,31,34);3-6,9-15,26H,1,7-8H2,2H3. The van der Waals surface area contributed by atoms with Gasteiger partial charge in [0, 0.05) is 126 Å². The third-order valence-electron chi connectivity index (χ3n) is 10.9. The van der Waals surface area contributed by atoms with Crippen LogP contribution in [0.2, 0.25) is 0 Å². The molecule has 330 valence electrons. The zero-order chi connectivity index (χ0) is 45.3. The van der Waals surface area contributed by atoms with Gasteiger partial charge in [-0.1, -0.05) is 49.6 Å². The number of amides is 1. The molecule has 0 spiro atoms. The van der Waals surface area contributed by atoms with Crippen LogP contribution in [0.1, 0.15) is 31.7 Å². The fourth-order valence-electron chi connectivity index (χ4n) is 7.55. The summed E-state index contributed by atoms with van der Waals surface area (Å²) in [5.74, 6) is 1.19. The first-order valence-corrected chi connectivity index (χ1v) is 22.5. The van der Waals surface area contributed by atoms with E-state index in [1.165, 1.54) is 6.08 Å². The third kappa shape index (κ3) is 11.1. The molecule has 18 heteroatoms. The molecule has 0 radical (unpaired) electrons. The average Bonchev–Trinajstić information content (AvgIpc) is 4.19. The van der Waals surface area contributed by atoms with Gasteiger partial charge in [-0.3, -0.25) is 23.5 Å². The summed E-state index contributed by atoms with van der Waals surface area (Å²) in [5, 5.41) is 21.2. The molecular weight excluding hydrogens is 841 g/mol. The van der Waals surface area contributed by atoms with Crippen molar-refractivity contribution in [3.63, 3.8) is 0 Å². The van der Waals surface area contributed by atoms with Gasteiger partial charge in [0.15, 0.2) is 11.6 Å². The van der Waals surface area contributed by atoms with Crippen LogP contribution in [0.3, 0.4) is 0 Å². The third-order valence-corrected chi connectivity index (χ3v) is 12.0. The van der Waals surface area contributed by atoms with E-state index < -0.39 is 10.0 Å². The Bertz CT molecular complexity index is 3020. The molecule has 0 aliphatic heterocycles. The molecule has 1 amide bonds. The Labute approximate surface area is 376 Å². The van der Waals surface area contributed by atoms with Gasteiger partial charge >= 0.3 is 0 Å². The van der Waals surface area contributed by atoms with Crippen LogP contribution in [0.25, 0.3) is 67.3 Å². The molecule has 9 rings (SSSR count). The second-order valence-corrected chi connectivity index (χ2v) is 17.3. The molecule has 1 aliphatic carbocycles. The zero-order valence-electron chi connectivity index (χ0n) is 36.0. The number of nitrogens with zero attached hydrogens (tertiary/aromatic N) is 12. The smallest absolute Gasteiger partial charge is 0.243 e. The zero-order valence-corrected chi connectivity index (χ0v) is 36.8. The second-order valence-electron chi connectivity index (χ2n) is 15.6. The molecule has 1 saturated carbocycles. The largest absolute Gasteiger partial charge is 0.350 e. The van der Waals surface area contributed by atoms with Crippen molar-refractivity contribution in [1.29, 1.82) is 0 Å². The van der Waals surface area contributed by atoms with Crippen LogP contribution in [0.4, 0.5) is 0 Å². The van der Waals surface area contributed by atoms with Gasteiger partial charge in [-0.2, -0.15) is 20.4 Å². The van der Waals surface area contributed by atoms with Gasteiger partial charge in [-0.15, -0.1) is 0 Å². The van der Waals surface area contributed by atoms with Crippen LogP contribution in [0.15, 0.2) is 148 Å². The SMILES string of the molecule is C=CC(=O)NC1CCCC(n2cc(-c3cnc(-c4cccc(-c5cnn(C)c5)c4)nc3)cn2)C1.C=CS(=O)(=O)NCCn1cc(-c2cnc(-c3cccc(-c4cnn(C)c4)c3)nc2)cn1. The van der Waals surface area contributed by atoms with Gasteiger partial charge in [0.05, 0.1) is 37.4 Å². The Morgan fingerprint density at radius 2 is 1.18 bits per heavy atom. The van der Waals surface area contributed by atoms with E-state index >= 15 is 0 Å². The van der Waals surface area contributed by atoms with Gasteiger partial charge in [0.2, 0.25) is 15.9 Å². The number of benzene rings is 2. The molecule has 0 bridgehead atoms. The first-order valence-electron chi connectivity index (χ1n) is 21.0. The predicted molar refractivity (Wildman–Crippen MR) is 249 cm³/mol. The molecule has 2 unspecified atom stereocenters. The van der Waals surface area contributed by atoms with Crippen molar-refractivity contribution in [3.05, 3.63) is 148 Å². The van der Waals surface area contributed by atoms with Crippen molar-refractivity contribution in [2.45, 2.75) is 44.3 Å². The molecule has 8 aromatic rings. The van der Waals surface area contributed by atoms with Gasteiger partial charge < -0.3 is 5.32 Å². The maximum Gasteiger partial charge on any atom is 0.243 e. The molecule has 0 saturated heterocycles. The topological polar surface area (TPSA) is 198 Å². The van der Waals surface area contributed by atoms with Gasteiger partial charge in [-0.25, -0.2) is 33.1 Å². The maximum atomic E-state index is 11.7. The van der Waals surface area contributed by atoms with Crippen LogP contribution >= 0.6 is 0 Å². The molecule has 2 atom stereocenters. The highest BCUT2D eigenvalue weighted by Gasteiger charge is 2.25. The number of nitrogens with one attached hydrogen (secondary N) is 2. The molecule has 17 nitrogen and oxygen atoms in total. The Kier molecular flexibility index (Phi) is 13.4. The van der Waals surface area contributed by atoms with E-state index in [2.05, 4.69) is 75.7 Å². The minimum atomic E-state index is -3.44. The van der Waals surface area contributed by atoms with Crippen molar-refractivity contribution in [1.82, 2.24) is 69.1 Å². The molecule has 6 aromatic heterocycles. The summed E-state index contributed by atoms with van der Waals surface area (Å²) in [6, 6.07) is 16.6. The molecule has 1 fully saturated rings. The summed E-state index contributed by atoms with van der Waals surface area (Å²) in [4.78, 5) is 29.9. The summed E-state index contributed by atoms with van der Waals surface area (Å²) >= 11 is 0. The summed E-state index contributed by atoms with van der Waals surface area (Å²) in [6.45, 7) is 7.42. The summed E-state index contributed by atoms with van der Waals surface area (Å²) in [5.41, 5.74) is 9.66. The van der Waals surface area contributed by atoms with E-state index in [9.17, 15) is 13.2 Å². The van der Waals surface area contributed by atoms with E-state index in [4.69, 9.17) is 0 Å². The van der Waals surface area contributed by atoms with Gasteiger partial charge in [0.25, 0.3) is 0 Å². The highest BCUT2D eigenvalue weighted by atomic mass is 32.2. The fraction of sp³-hybridized carbons (Fsp3) is 0.213. The van der Waals surface area contributed by atoms with E-state index in [1.807, 2.05) is 111 Å². The highest BCUT2D eigenvalue weighted by molar-refractivity contribution is 7.92. The molecule has 2 N–H and O–H groups in total. The summed E-state index contributed by atoms with van der Waals surface area (Å²) in [7, 11) is 0.356. The number of carbonyl (C=O) groups excluding carboxylic acids is 1. The lowest BCUT2D eigenvalue weighted by Crippen LogP contribution is -2.38. The molecular formula is C47H48N14O3S. The Morgan fingerprint density at radius 1 is 0.662 bits per heavy atom. The van der Waals surface area contributed by atoms with Crippen molar-refractivity contribution in [2.75, 3.05) is 6.54 Å². The number of carbonyl (C=O) groups is 1. The molecule has 6 heterocycles. The predicted octanol–water partition coefficient (Wildman–Crippen LogP) is 6.66. The number of aromatic nitrogens is 12. The van der Waals surface area contributed by atoms with Gasteiger partial charge in [0.1, 0.15) is 0 Å². The van der Waals surface area contributed by atoms with E-state index in [0.29, 0.717) is 18.2 Å². The van der Waals surface area contributed by atoms with E-state index in [0.717, 1.165) is 86.7 Å². The monoisotopic (exact) mass is 888 g/mol. The Hall–Kier alpha value is -7.70. The normalized spacial score (nSPS) is 14.9. The Morgan fingerprint density at radius 3 is 1.72 bits per heavy atom. The van der Waals surface area contributed by atoms with Crippen LogP contribution in [0.5, 0.6) is 0 Å². The number of aryl methyl sites for hydroxylation is 2. The second kappa shape index (κ2) is 19.8. The molecule has 2 aromatic carbocycles. The summed E-state index contributed by atoms with van der Waals surface area (Å²) < 4.78 is 32.4. The minimum Gasteiger partial charge on any atom is -0.350 e. The fourth-order valence-corrected chi connectivity index (χ4v) is 8.04. The van der Waals surface area contributed by atoms with Crippen molar-refractivity contribution in [2.24, 2.45) is 14.1 Å². The molecule has 1 aliphatic rings. The number of sulfonamides is 1. The number of hydrogen-bond acceptors (Lipinski definition) is 11. The number of hydrogen-bond donors (Lipinski definition) is 2.